The number of nitrogens with one attached hydrogen (secondary N) is 1. The maximum Gasteiger partial charge on any atom is 0.332 e. The van der Waals surface area contributed by atoms with E-state index in [1.54, 1.807) is 0 Å². The Balaban J connectivity index is 2.56. The van der Waals surface area contributed by atoms with Gasteiger partial charge in [-0.3, -0.25) is 13.9 Å². The zero-order chi connectivity index (χ0) is 12.6. The van der Waals surface area contributed by atoms with Crippen LogP contribution in [0.2, 0.25) is 0 Å². The van der Waals surface area contributed by atoms with Gasteiger partial charge in [-0.05, 0) is 19.3 Å². The fourth-order valence-electron chi connectivity index (χ4n) is 1.79. The molecule has 1 saturated carbocycles. The second-order valence-electron chi connectivity index (χ2n) is 4.48. The molecule has 0 radical (unpaired) electrons. The third-order valence-electron chi connectivity index (χ3n) is 2.96. The van der Waals surface area contributed by atoms with Gasteiger partial charge in [-0.1, -0.05) is 6.92 Å². The second-order valence-corrected chi connectivity index (χ2v) is 4.48. The predicted octanol–water partition coefficient (Wildman–Crippen LogP) is 0.114. The van der Waals surface area contributed by atoms with Crippen LogP contribution in [0.15, 0.2) is 9.59 Å². The minimum Gasteiger partial charge on any atom is -0.383 e. The highest BCUT2D eigenvalue weighted by atomic mass is 16.2. The van der Waals surface area contributed by atoms with E-state index in [9.17, 15) is 9.59 Å². The van der Waals surface area contributed by atoms with Crippen molar-refractivity contribution in [1.82, 2.24) is 9.13 Å². The molecule has 0 unspecified atom stereocenters. The molecule has 0 aliphatic heterocycles. The third-order valence-corrected chi connectivity index (χ3v) is 2.96. The molecule has 1 fully saturated rings. The quantitative estimate of drug-likeness (QED) is 0.780. The summed E-state index contributed by atoms with van der Waals surface area (Å²) in [6.45, 7) is 2.49. The molecule has 1 aromatic rings. The lowest BCUT2D eigenvalue weighted by atomic mass is 10.4. The van der Waals surface area contributed by atoms with Crippen LogP contribution in [0.25, 0.3) is 0 Å². The van der Waals surface area contributed by atoms with Crippen molar-refractivity contribution in [1.29, 1.82) is 0 Å². The first-order valence-corrected chi connectivity index (χ1v) is 5.92. The van der Waals surface area contributed by atoms with Crippen LogP contribution in [0, 0.1) is 0 Å². The van der Waals surface area contributed by atoms with Gasteiger partial charge in [0.05, 0.1) is 0 Å². The number of aromatic nitrogens is 2. The summed E-state index contributed by atoms with van der Waals surface area (Å²) < 4.78 is 2.56. The Kier molecular flexibility index (Phi) is 2.95. The Morgan fingerprint density at radius 1 is 1.41 bits per heavy atom. The molecule has 94 valence electrons. The minimum absolute atomic E-state index is 0.256. The molecule has 0 aromatic carbocycles. The maximum atomic E-state index is 11.9. The number of anilines is 2. The van der Waals surface area contributed by atoms with E-state index in [1.165, 1.54) is 11.6 Å². The Morgan fingerprint density at radius 2 is 2.06 bits per heavy atom. The van der Waals surface area contributed by atoms with Crippen molar-refractivity contribution in [2.45, 2.75) is 38.8 Å². The molecule has 0 atom stereocenters. The first kappa shape index (κ1) is 11.8. The first-order chi connectivity index (χ1) is 8.06. The largest absolute Gasteiger partial charge is 0.383 e. The number of nitrogen functional groups attached to an aromatic ring is 1. The van der Waals surface area contributed by atoms with Gasteiger partial charge in [0.15, 0.2) is 0 Å². The fourth-order valence-corrected chi connectivity index (χ4v) is 1.79. The van der Waals surface area contributed by atoms with Crippen LogP contribution in [0.1, 0.15) is 26.2 Å². The second kappa shape index (κ2) is 4.27. The molecule has 1 heterocycles. The van der Waals surface area contributed by atoms with Crippen molar-refractivity contribution in [3.8, 4) is 0 Å². The van der Waals surface area contributed by atoms with E-state index in [1.807, 2.05) is 6.92 Å². The van der Waals surface area contributed by atoms with Crippen molar-refractivity contribution in [3.05, 3.63) is 20.8 Å². The molecular weight excluding hydrogens is 220 g/mol. The van der Waals surface area contributed by atoms with Crippen molar-refractivity contribution in [2.75, 3.05) is 11.1 Å². The van der Waals surface area contributed by atoms with Gasteiger partial charge in [-0.25, -0.2) is 4.79 Å². The summed E-state index contributed by atoms with van der Waals surface area (Å²) in [6, 6.07) is 0.331. The van der Waals surface area contributed by atoms with Gasteiger partial charge in [-0.15, -0.1) is 0 Å². The van der Waals surface area contributed by atoms with Crippen LogP contribution in [-0.2, 0) is 13.6 Å². The van der Waals surface area contributed by atoms with Gasteiger partial charge < -0.3 is 11.1 Å². The van der Waals surface area contributed by atoms with Crippen molar-refractivity contribution < 1.29 is 0 Å². The molecule has 1 aliphatic carbocycles. The third kappa shape index (κ3) is 2.07. The molecule has 1 aliphatic rings. The van der Waals surface area contributed by atoms with Gasteiger partial charge in [0.1, 0.15) is 11.5 Å². The molecule has 0 spiro atoms. The number of hydrogen-bond donors (Lipinski definition) is 2. The molecule has 6 nitrogen and oxygen atoms in total. The highest BCUT2D eigenvalue weighted by Crippen LogP contribution is 2.25. The van der Waals surface area contributed by atoms with Crippen molar-refractivity contribution in [2.24, 2.45) is 7.05 Å². The highest BCUT2D eigenvalue weighted by molar-refractivity contribution is 5.61. The number of hydrogen-bond acceptors (Lipinski definition) is 4. The monoisotopic (exact) mass is 238 g/mol. The van der Waals surface area contributed by atoms with Crippen LogP contribution in [-0.4, -0.2) is 15.2 Å². The molecule has 3 N–H and O–H groups in total. The van der Waals surface area contributed by atoms with Gasteiger partial charge in [0.25, 0.3) is 5.56 Å². The lowest BCUT2D eigenvalue weighted by Crippen LogP contribution is -2.41. The molecule has 0 bridgehead atoms. The molecule has 0 amide bonds. The smallest absolute Gasteiger partial charge is 0.332 e. The molecular formula is C11H18N4O2. The van der Waals surface area contributed by atoms with Gasteiger partial charge in [0, 0.05) is 19.6 Å². The fraction of sp³-hybridized carbons (Fsp3) is 0.636. The van der Waals surface area contributed by atoms with E-state index in [0.29, 0.717) is 18.3 Å². The summed E-state index contributed by atoms with van der Waals surface area (Å²) in [5, 5.41) is 3.10. The van der Waals surface area contributed by atoms with Crippen LogP contribution < -0.4 is 22.3 Å². The lowest BCUT2D eigenvalue weighted by molar-refractivity contribution is 0.600. The Bertz CT molecular complexity index is 540. The molecule has 2 rings (SSSR count). The summed E-state index contributed by atoms with van der Waals surface area (Å²) in [5.74, 6) is 0.256. The highest BCUT2D eigenvalue weighted by Gasteiger charge is 2.25. The average molecular weight is 238 g/mol. The van der Waals surface area contributed by atoms with E-state index in [4.69, 9.17) is 5.73 Å². The standard InChI is InChI=1S/C11H18N4O2/c1-3-6-15-9(12)8(13-7-4-5-7)10(16)14(2)11(15)17/h7,13H,3-6,12H2,1-2H3. The predicted molar refractivity (Wildman–Crippen MR) is 67.3 cm³/mol. The van der Waals surface area contributed by atoms with Gasteiger partial charge in [-0.2, -0.15) is 0 Å². The van der Waals surface area contributed by atoms with Crippen molar-refractivity contribution >= 4 is 11.5 Å². The SMILES string of the molecule is CCCn1c(N)c(NC2CC2)c(=O)n(C)c1=O. The summed E-state index contributed by atoms with van der Waals surface area (Å²) in [5.41, 5.74) is 5.57. The Hall–Kier alpha value is -1.72. The van der Waals surface area contributed by atoms with E-state index in [-0.39, 0.29) is 17.1 Å². The van der Waals surface area contributed by atoms with Gasteiger partial charge in [0.2, 0.25) is 0 Å². The average Bonchev–Trinajstić information content (AvgIpc) is 3.12. The minimum atomic E-state index is -0.351. The molecule has 6 heteroatoms. The summed E-state index contributed by atoms with van der Waals surface area (Å²) in [4.78, 5) is 23.8. The molecule has 0 saturated heterocycles. The normalized spacial score (nSPS) is 14.9. The number of nitrogens with zero attached hydrogens (tertiary/aromatic N) is 2. The number of nitrogens with two attached hydrogens (primary N) is 1. The van der Waals surface area contributed by atoms with E-state index in [0.717, 1.165) is 23.8 Å². The Morgan fingerprint density at radius 3 is 2.59 bits per heavy atom. The van der Waals surface area contributed by atoms with Gasteiger partial charge >= 0.3 is 5.69 Å². The summed E-state index contributed by atoms with van der Waals surface area (Å²) in [6.07, 6.45) is 2.90. The number of rotatable bonds is 4. The molecule has 17 heavy (non-hydrogen) atoms. The van der Waals surface area contributed by atoms with Crippen LogP contribution in [0.3, 0.4) is 0 Å². The van der Waals surface area contributed by atoms with Crippen LogP contribution in [0.5, 0.6) is 0 Å². The molecule has 1 aromatic heterocycles. The van der Waals surface area contributed by atoms with Crippen molar-refractivity contribution in [3.63, 3.8) is 0 Å². The topological polar surface area (TPSA) is 82.0 Å². The first-order valence-electron chi connectivity index (χ1n) is 5.92. The summed E-state index contributed by atoms with van der Waals surface area (Å²) in [7, 11) is 1.48. The lowest BCUT2D eigenvalue weighted by Gasteiger charge is -2.15. The van der Waals surface area contributed by atoms with E-state index in [2.05, 4.69) is 5.32 Å². The van der Waals surface area contributed by atoms with Crippen LogP contribution in [0.4, 0.5) is 11.5 Å². The zero-order valence-electron chi connectivity index (χ0n) is 10.2. The van der Waals surface area contributed by atoms with E-state index >= 15 is 0 Å². The van der Waals surface area contributed by atoms with E-state index < -0.39 is 0 Å². The van der Waals surface area contributed by atoms with Crippen LogP contribution >= 0.6 is 0 Å². The zero-order valence-corrected chi connectivity index (χ0v) is 10.2. The maximum absolute atomic E-state index is 11.9. The summed E-state index contributed by atoms with van der Waals surface area (Å²) >= 11 is 0. The Labute approximate surface area is 99.1 Å².